The number of benzene rings is 1. The molecule has 0 aliphatic carbocycles. The highest BCUT2D eigenvalue weighted by molar-refractivity contribution is 7.09. The van der Waals surface area contributed by atoms with Crippen LogP contribution in [0.5, 0.6) is 0 Å². The molecule has 23 heavy (non-hydrogen) atoms. The molecule has 0 spiro atoms. The fraction of sp³-hybridized carbons (Fsp3) is 0.444. The monoisotopic (exact) mass is 331 g/mol. The Labute approximate surface area is 142 Å². The lowest BCUT2D eigenvalue weighted by atomic mass is 10.1. The van der Waals surface area contributed by atoms with Crippen LogP contribution in [0.25, 0.3) is 11.3 Å². The summed E-state index contributed by atoms with van der Waals surface area (Å²) in [6.07, 6.45) is 3.35. The average Bonchev–Trinajstić information content (AvgIpc) is 2.98. The van der Waals surface area contributed by atoms with Crippen LogP contribution >= 0.6 is 11.3 Å². The van der Waals surface area contributed by atoms with E-state index in [1.54, 1.807) is 11.3 Å². The topological polar surface area (TPSA) is 54.0 Å². The zero-order valence-corrected chi connectivity index (χ0v) is 14.9. The number of unbranched alkanes of at least 4 members (excludes halogenated alkanes) is 2. The van der Waals surface area contributed by atoms with Crippen molar-refractivity contribution in [3.05, 3.63) is 34.7 Å². The number of carbonyl (C=O) groups excluding carboxylic acids is 1. The number of aryl methyl sites for hydroxylation is 1. The molecule has 1 aromatic carbocycles. The van der Waals surface area contributed by atoms with Crippen molar-refractivity contribution in [3.8, 4) is 11.3 Å². The average molecular weight is 331 g/mol. The maximum absolute atomic E-state index is 12.0. The summed E-state index contributed by atoms with van der Waals surface area (Å²) in [5.74, 6) is 0.0419. The fourth-order valence-corrected chi connectivity index (χ4v) is 2.91. The first-order valence-corrected chi connectivity index (χ1v) is 9.05. The van der Waals surface area contributed by atoms with E-state index in [-0.39, 0.29) is 11.9 Å². The molecule has 0 aliphatic heterocycles. The summed E-state index contributed by atoms with van der Waals surface area (Å²) in [4.78, 5) is 16.5. The Balaban J connectivity index is 1.86. The van der Waals surface area contributed by atoms with Gasteiger partial charge in [0.1, 0.15) is 6.04 Å². The van der Waals surface area contributed by atoms with Gasteiger partial charge in [-0.25, -0.2) is 4.98 Å². The molecule has 0 saturated carbocycles. The number of carbonyl (C=O) groups is 1. The van der Waals surface area contributed by atoms with E-state index >= 15 is 0 Å². The highest BCUT2D eigenvalue weighted by Crippen LogP contribution is 2.23. The SMILES string of the molecule is CCCCCNC(=O)C(C)Nc1ccc(-c2csc(C)n2)cc1. The van der Waals surface area contributed by atoms with Crippen molar-refractivity contribution >= 4 is 22.9 Å². The number of anilines is 1. The standard InChI is InChI=1S/C18H25N3OS/c1-4-5-6-11-19-18(22)13(2)20-16-9-7-15(8-10-16)17-12-23-14(3)21-17/h7-10,12-13,20H,4-6,11H2,1-3H3,(H,19,22). The molecular formula is C18H25N3OS. The summed E-state index contributed by atoms with van der Waals surface area (Å²) in [6.45, 7) is 6.79. The Morgan fingerprint density at radius 3 is 2.61 bits per heavy atom. The van der Waals surface area contributed by atoms with E-state index in [4.69, 9.17) is 0 Å². The van der Waals surface area contributed by atoms with E-state index < -0.39 is 0 Å². The Bertz CT molecular complexity index is 621. The van der Waals surface area contributed by atoms with Gasteiger partial charge in [0.25, 0.3) is 0 Å². The van der Waals surface area contributed by atoms with Crippen molar-refractivity contribution in [2.45, 2.75) is 46.1 Å². The largest absolute Gasteiger partial charge is 0.374 e. The summed E-state index contributed by atoms with van der Waals surface area (Å²) in [6, 6.07) is 7.80. The van der Waals surface area contributed by atoms with Crippen molar-refractivity contribution in [1.82, 2.24) is 10.3 Å². The second-order valence-electron chi connectivity index (χ2n) is 5.69. The Morgan fingerprint density at radius 1 is 1.26 bits per heavy atom. The third-order valence-corrected chi connectivity index (χ3v) is 4.43. The number of amides is 1. The number of hydrogen-bond donors (Lipinski definition) is 2. The lowest BCUT2D eigenvalue weighted by Gasteiger charge is -2.15. The first-order chi connectivity index (χ1) is 11.1. The van der Waals surface area contributed by atoms with E-state index in [9.17, 15) is 4.79 Å². The molecule has 1 unspecified atom stereocenters. The zero-order chi connectivity index (χ0) is 16.7. The molecule has 0 aliphatic rings. The van der Waals surface area contributed by atoms with Gasteiger partial charge in [-0.2, -0.15) is 0 Å². The van der Waals surface area contributed by atoms with E-state index in [1.807, 2.05) is 38.1 Å². The van der Waals surface area contributed by atoms with Gasteiger partial charge in [-0.1, -0.05) is 31.9 Å². The van der Waals surface area contributed by atoms with Crippen LogP contribution in [0.1, 0.15) is 38.1 Å². The van der Waals surface area contributed by atoms with E-state index in [2.05, 4.69) is 27.9 Å². The van der Waals surface area contributed by atoms with Gasteiger partial charge < -0.3 is 10.6 Å². The van der Waals surface area contributed by atoms with Gasteiger partial charge in [-0.15, -0.1) is 11.3 Å². The molecule has 2 aromatic rings. The molecule has 4 nitrogen and oxygen atoms in total. The van der Waals surface area contributed by atoms with Crippen molar-refractivity contribution in [1.29, 1.82) is 0 Å². The van der Waals surface area contributed by atoms with Gasteiger partial charge in [0, 0.05) is 23.2 Å². The van der Waals surface area contributed by atoms with Crippen LogP contribution < -0.4 is 10.6 Å². The number of nitrogens with zero attached hydrogens (tertiary/aromatic N) is 1. The number of aromatic nitrogens is 1. The third kappa shape index (κ3) is 5.36. The summed E-state index contributed by atoms with van der Waals surface area (Å²) in [5.41, 5.74) is 3.04. The Kier molecular flexibility index (Phi) is 6.59. The van der Waals surface area contributed by atoms with E-state index in [0.717, 1.165) is 47.8 Å². The van der Waals surface area contributed by atoms with Crippen LogP contribution in [0.3, 0.4) is 0 Å². The number of thiazole rings is 1. The molecular weight excluding hydrogens is 306 g/mol. The quantitative estimate of drug-likeness (QED) is 0.712. The summed E-state index contributed by atoms with van der Waals surface area (Å²) < 4.78 is 0. The first-order valence-electron chi connectivity index (χ1n) is 8.17. The Hall–Kier alpha value is -1.88. The third-order valence-electron chi connectivity index (χ3n) is 3.66. The van der Waals surface area contributed by atoms with Crippen molar-refractivity contribution in [2.24, 2.45) is 0 Å². The predicted molar refractivity (Wildman–Crippen MR) is 97.9 cm³/mol. The van der Waals surface area contributed by atoms with E-state index in [0.29, 0.717) is 0 Å². The first kappa shape index (κ1) is 17.5. The predicted octanol–water partition coefficient (Wildman–Crippen LogP) is 4.23. The molecule has 2 rings (SSSR count). The van der Waals surface area contributed by atoms with Crippen molar-refractivity contribution < 1.29 is 4.79 Å². The van der Waals surface area contributed by atoms with Gasteiger partial charge in [-0.05, 0) is 32.4 Å². The molecule has 0 bridgehead atoms. The minimum Gasteiger partial charge on any atom is -0.374 e. The fourth-order valence-electron chi connectivity index (χ4n) is 2.29. The molecule has 1 amide bonds. The molecule has 5 heteroatoms. The summed E-state index contributed by atoms with van der Waals surface area (Å²) in [7, 11) is 0. The lowest BCUT2D eigenvalue weighted by Crippen LogP contribution is -2.38. The number of nitrogens with one attached hydrogen (secondary N) is 2. The highest BCUT2D eigenvalue weighted by atomic mass is 32.1. The normalized spacial score (nSPS) is 12.0. The Morgan fingerprint density at radius 2 is 2.00 bits per heavy atom. The summed E-state index contributed by atoms with van der Waals surface area (Å²) in [5, 5.41) is 9.33. The molecule has 2 N–H and O–H groups in total. The van der Waals surface area contributed by atoms with Gasteiger partial charge >= 0.3 is 0 Å². The minimum absolute atomic E-state index is 0.0419. The molecule has 0 fully saturated rings. The molecule has 0 radical (unpaired) electrons. The second kappa shape index (κ2) is 8.67. The number of hydrogen-bond acceptors (Lipinski definition) is 4. The highest BCUT2D eigenvalue weighted by Gasteiger charge is 2.11. The number of rotatable bonds is 8. The minimum atomic E-state index is -0.246. The van der Waals surface area contributed by atoms with Crippen molar-refractivity contribution in [3.63, 3.8) is 0 Å². The van der Waals surface area contributed by atoms with Crippen LogP contribution in [0, 0.1) is 6.92 Å². The molecule has 1 aromatic heterocycles. The van der Waals surface area contributed by atoms with Gasteiger partial charge in [0.2, 0.25) is 5.91 Å². The zero-order valence-electron chi connectivity index (χ0n) is 14.1. The van der Waals surface area contributed by atoms with Crippen LogP contribution in [-0.2, 0) is 4.79 Å². The molecule has 0 saturated heterocycles. The molecule has 124 valence electrons. The summed E-state index contributed by atoms with van der Waals surface area (Å²) >= 11 is 1.65. The van der Waals surface area contributed by atoms with Gasteiger partial charge in [-0.3, -0.25) is 4.79 Å². The molecule has 1 atom stereocenters. The second-order valence-corrected chi connectivity index (χ2v) is 6.76. The maximum Gasteiger partial charge on any atom is 0.242 e. The van der Waals surface area contributed by atoms with Crippen LogP contribution in [-0.4, -0.2) is 23.5 Å². The van der Waals surface area contributed by atoms with E-state index in [1.165, 1.54) is 0 Å². The van der Waals surface area contributed by atoms with Crippen molar-refractivity contribution in [2.75, 3.05) is 11.9 Å². The molecule has 1 heterocycles. The lowest BCUT2D eigenvalue weighted by molar-refractivity contribution is -0.121. The van der Waals surface area contributed by atoms with Crippen LogP contribution in [0.15, 0.2) is 29.6 Å². The van der Waals surface area contributed by atoms with Gasteiger partial charge in [0.05, 0.1) is 10.7 Å². The van der Waals surface area contributed by atoms with Crippen LogP contribution in [0.2, 0.25) is 0 Å². The van der Waals surface area contributed by atoms with Crippen LogP contribution in [0.4, 0.5) is 5.69 Å². The maximum atomic E-state index is 12.0. The van der Waals surface area contributed by atoms with Gasteiger partial charge in [0.15, 0.2) is 0 Å². The smallest absolute Gasteiger partial charge is 0.242 e.